The summed E-state index contributed by atoms with van der Waals surface area (Å²) in [5, 5.41) is 0. The minimum absolute atomic E-state index is 0.0151. The first-order chi connectivity index (χ1) is 14.8. The lowest BCUT2D eigenvalue weighted by molar-refractivity contribution is -0.118. The molecule has 31 heavy (non-hydrogen) atoms. The summed E-state index contributed by atoms with van der Waals surface area (Å²) in [6.45, 7) is 3.68. The average molecular weight is 443 g/mol. The van der Waals surface area contributed by atoms with Crippen LogP contribution in [-0.2, 0) is 27.8 Å². The van der Waals surface area contributed by atoms with E-state index in [1.54, 1.807) is 23.1 Å². The summed E-state index contributed by atoms with van der Waals surface area (Å²) < 4.78 is 33.8. The number of aromatic nitrogens is 2. The second kappa shape index (κ2) is 8.32. The molecular weight excluding hydrogens is 416 g/mol. The van der Waals surface area contributed by atoms with Crippen molar-refractivity contribution in [2.75, 3.05) is 32.1 Å². The summed E-state index contributed by atoms with van der Waals surface area (Å²) >= 11 is 0. The molecule has 0 atom stereocenters. The van der Waals surface area contributed by atoms with Crippen LogP contribution in [0.25, 0.3) is 11.0 Å². The molecule has 9 heteroatoms. The summed E-state index contributed by atoms with van der Waals surface area (Å²) in [5.74, 6) is 1.51. The fourth-order valence-electron chi connectivity index (χ4n) is 3.86. The summed E-state index contributed by atoms with van der Waals surface area (Å²) in [7, 11) is -0.526. The molecule has 0 spiro atoms. The number of amides is 1. The number of fused-ring (bicyclic) bond motifs is 2. The molecule has 164 valence electrons. The van der Waals surface area contributed by atoms with Crippen molar-refractivity contribution in [3.63, 3.8) is 0 Å². The number of ether oxygens (including phenoxy) is 1. The van der Waals surface area contributed by atoms with Crippen LogP contribution in [-0.4, -0.2) is 55.4 Å². The molecule has 2 aromatic carbocycles. The van der Waals surface area contributed by atoms with E-state index in [4.69, 9.17) is 4.74 Å². The number of rotatable bonds is 6. The predicted molar refractivity (Wildman–Crippen MR) is 119 cm³/mol. The maximum Gasteiger partial charge on any atom is 0.242 e. The van der Waals surface area contributed by atoms with E-state index in [2.05, 4.69) is 4.98 Å². The van der Waals surface area contributed by atoms with Crippen molar-refractivity contribution in [2.24, 2.45) is 0 Å². The van der Waals surface area contributed by atoms with Gasteiger partial charge in [-0.3, -0.25) is 4.79 Å². The second-order valence-corrected chi connectivity index (χ2v) is 9.72. The van der Waals surface area contributed by atoms with Crippen LogP contribution in [0.1, 0.15) is 19.2 Å². The van der Waals surface area contributed by atoms with E-state index in [0.717, 1.165) is 22.8 Å². The zero-order valence-electron chi connectivity index (χ0n) is 17.9. The summed E-state index contributed by atoms with van der Waals surface area (Å²) in [6, 6.07) is 12.5. The third kappa shape index (κ3) is 3.90. The molecule has 2 heterocycles. The first-order valence-corrected chi connectivity index (χ1v) is 11.7. The van der Waals surface area contributed by atoms with Crippen molar-refractivity contribution in [1.29, 1.82) is 0 Å². The first-order valence-electron chi connectivity index (χ1n) is 10.3. The van der Waals surface area contributed by atoms with Crippen molar-refractivity contribution in [1.82, 2.24) is 13.9 Å². The molecule has 0 bridgehead atoms. The molecule has 0 fully saturated rings. The van der Waals surface area contributed by atoms with Crippen LogP contribution < -0.4 is 9.64 Å². The Hall–Kier alpha value is -2.91. The Bertz CT molecular complexity index is 1230. The lowest BCUT2D eigenvalue weighted by atomic mass is 10.2. The van der Waals surface area contributed by atoms with Gasteiger partial charge in [0.15, 0.2) is 0 Å². The fraction of sp³-hybridized carbons (Fsp3) is 0.364. The number of benzene rings is 2. The number of carbonyl (C=O) groups is 1. The molecule has 4 rings (SSSR count). The van der Waals surface area contributed by atoms with Crippen molar-refractivity contribution in [2.45, 2.75) is 31.2 Å². The van der Waals surface area contributed by atoms with Gasteiger partial charge in [-0.2, -0.15) is 0 Å². The third-order valence-electron chi connectivity index (χ3n) is 5.49. The number of aryl methyl sites for hydroxylation is 2. The van der Waals surface area contributed by atoms with Gasteiger partial charge < -0.3 is 14.2 Å². The van der Waals surface area contributed by atoms with E-state index in [0.29, 0.717) is 38.1 Å². The van der Waals surface area contributed by atoms with E-state index in [1.807, 2.05) is 35.8 Å². The maximum absolute atomic E-state index is 13.0. The van der Waals surface area contributed by atoms with Gasteiger partial charge in [0, 0.05) is 33.5 Å². The van der Waals surface area contributed by atoms with E-state index in [1.165, 1.54) is 18.4 Å². The number of nitrogens with zero attached hydrogens (tertiary/aromatic N) is 4. The molecule has 0 saturated carbocycles. The van der Waals surface area contributed by atoms with Crippen molar-refractivity contribution in [3.05, 3.63) is 48.3 Å². The molecule has 0 saturated heterocycles. The topological polar surface area (TPSA) is 84.7 Å². The van der Waals surface area contributed by atoms with Crippen molar-refractivity contribution >= 4 is 32.7 Å². The zero-order valence-corrected chi connectivity index (χ0v) is 18.7. The molecule has 8 nitrogen and oxygen atoms in total. The Kier molecular flexibility index (Phi) is 5.72. The fourth-order valence-corrected chi connectivity index (χ4v) is 4.78. The van der Waals surface area contributed by atoms with Gasteiger partial charge in [0.05, 0.1) is 28.2 Å². The Morgan fingerprint density at radius 2 is 1.97 bits per heavy atom. The lowest BCUT2D eigenvalue weighted by Gasteiger charge is -2.29. The van der Waals surface area contributed by atoms with E-state index >= 15 is 0 Å². The largest absolute Gasteiger partial charge is 0.490 e. The smallest absolute Gasteiger partial charge is 0.242 e. The van der Waals surface area contributed by atoms with E-state index in [9.17, 15) is 13.2 Å². The molecule has 0 aliphatic carbocycles. The molecule has 0 radical (unpaired) electrons. The monoisotopic (exact) mass is 442 g/mol. The molecule has 1 aromatic heterocycles. The van der Waals surface area contributed by atoms with Gasteiger partial charge in [0.2, 0.25) is 15.9 Å². The first kappa shape index (κ1) is 21.3. The minimum Gasteiger partial charge on any atom is -0.490 e. The van der Waals surface area contributed by atoms with Gasteiger partial charge in [-0.05, 0) is 37.3 Å². The number of sulfonamides is 1. The number of anilines is 1. The van der Waals surface area contributed by atoms with E-state index < -0.39 is 10.0 Å². The van der Waals surface area contributed by atoms with Crippen LogP contribution in [0.3, 0.4) is 0 Å². The van der Waals surface area contributed by atoms with Crippen molar-refractivity contribution < 1.29 is 17.9 Å². The van der Waals surface area contributed by atoms with E-state index in [-0.39, 0.29) is 10.8 Å². The van der Waals surface area contributed by atoms with Crippen LogP contribution in [0.15, 0.2) is 47.4 Å². The van der Waals surface area contributed by atoms with Crippen LogP contribution in [0.2, 0.25) is 0 Å². The minimum atomic E-state index is -3.54. The highest BCUT2D eigenvalue weighted by Crippen LogP contribution is 2.31. The highest BCUT2D eigenvalue weighted by Gasteiger charge is 2.24. The van der Waals surface area contributed by atoms with Gasteiger partial charge in [0.25, 0.3) is 0 Å². The highest BCUT2D eigenvalue weighted by molar-refractivity contribution is 7.89. The number of para-hydroxylation sites is 2. The van der Waals surface area contributed by atoms with Crippen LogP contribution >= 0.6 is 0 Å². The molecule has 3 aromatic rings. The third-order valence-corrected chi connectivity index (χ3v) is 7.30. The van der Waals surface area contributed by atoms with Gasteiger partial charge in [-0.1, -0.05) is 12.1 Å². The maximum atomic E-state index is 13.0. The summed E-state index contributed by atoms with van der Waals surface area (Å²) in [5.41, 5.74) is 2.27. The van der Waals surface area contributed by atoms with Gasteiger partial charge in [0.1, 0.15) is 18.2 Å². The quantitative estimate of drug-likeness (QED) is 0.586. The lowest BCUT2D eigenvalue weighted by Crippen LogP contribution is -2.38. The van der Waals surface area contributed by atoms with Gasteiger partial charge >= 0.3 is 0 Å². The standard InChI is InChI=1S/C22H26N4O4S/c1-4-25-18-10-9-16(31(28,29)24(2)3)15-17(18)23-21(25)11-12-22(27)26-13-14-30-20-8-6-5-7-19(20)26/h5-10,15H,4,11-14H2,1-3H3. The summed E-state index contributed by atoms with van der Waals surface area (Å²) in [4.78, 5) is 19.6. The highest BCUT2D eigenvalue weighted by atomic mass is 32.2. The predicted octanol–water partition coefficient (Wildman–Crippen LogP) is 2.66. The Morgan fingerprint density at radius 3 is 2.71 bits per heavy atom. The molecular formula is C22H26N4O4S. The molecule has 1 aliphatic rings. The molecule has 1 amide bonds. The number of carbonyl (C=O) groups excluding carboxylic acids is 1. The van der Waals surface area contributed by atoms with Gasteiger partial charge in [-0.15, -0.1) is 0 Å². The molecule has 1 aliphatic heterocycles. The van der Waals surface area contributed by atoms with Crippen LogP contribution in [0, 0.1) is 0 Å². The van der Waals surface area contributed by atoms with Crippen LogP contribution in [0.5, 0.6) is 5.75 Å². The van der Waals surface area contributed by atoms with Crippen LogP contribution in [0.4, 0.5) is 5.69 Å². The number of hydrogen-bond acceptors (Lipinski definition) is 5. The molecule has 0 unspecified atom stereocenters. The Labute approximate surface area is 182 Å². The van der Waals surface area contributed by atoms with Crippen molar-refractivity contribution in [3.8, 4) is 5.75 Å². The average Bonchev–Trinajstić information content (AvgIpc) is 3.13. The Morgan fingerprint density at radius 1 is 1.19 bits per heavy atom. The second-order valence-electron chi connectivity index (χ2n) is 7.57. The van der Waals surface area contributed by atoms with Gasteiger partial charge in [-0.25, -0.2) is 17.7 Å². The Balaban J connectivity index is 1.58. The molecule has 0 N–H and O–H groups in total. The SMILES string of the molecule is CCn1c(CCC(=O)N2CCOc3ccccc32)nc2cc(S(=O)(=O)N(C)C)ccc21. The number of hydrogen-bond donors (Lipinski definition) is 0. The normalized spacial score (nSPS) is 14.0. The summed E-state index contributed by atoms with van der Waals surface area (Å²) in [6.07, 6.45) is 0.775. The number of imidazole rings is 1. The zero-order chi connectivity index (χ0) is 22.2.